The van der Waals surface area contributed by atoms with Crippen molar-refractivity contribution in [1.82, 2.24) is 16.0 Å². The number of urea groups is 1. The molecule has 9 nitrogen and oxygen atoms in total. The summed E-state index contributed by atoms with van der Waals surface area (Å²) in [5.41, 5.74) is 0.833. The highest BCUT2D eigenvalue weighted by molar-refractivity contribution is 5.96. The molecule has 3 N–H and O–H groups in total. The largest absolute Gasteiger partial charge is 0.467 e. The molecule has 0 fully saturated rings. The van der Waals surface area contributed by atoms with E-state index >= 15 is 0 Å². The lowest BCUT2D eigenvalue weighted by molar-refractivity contribution is -0.150. The van der Waals surface area contributed by atoms with Crippen LogP contribution in [0.15, 0.2) is 59.2 Å². The van der Waals surface area contributed by atoms with Crippen LogP contribution in [0.25, 0.3) is 6.08 Å². The van der Waals surface area contributed by atoms with E-state index in [-0.39, 0.29) is 6.54 Å². The summed E-state index contributed by atoms with van der Waals surface area (Å²) in [6, 6.07) is 10.8. The van der Waals surface area contributed by atoms with E-state index in [2.05, 4.69) is 10.6 Å². The lowest BCUT2D eigenvalue weighted by atomic mass is 10.2. The van der Waals surface area contributed by atoms with Crippen molar-refractivity contribution in [3.63, 3.8) is 0 Å². The van der Waals surface area contributed by atoms with Crippen molar-refractivity contribution in [2.75, 3.05) is 6.61 Å². The second-order valence-corrected chi connectivity index (χ2v) is 5.89. The molecular weight excluding hydrogens is 378 g/mol. The molecule has 1 aromatic heterocycles. The second kappa shape index (κ2) is 11.1. The number of carbonyl (C=O) groups excluding carboxylic acids is 4. The molecule has 0 aliphatic carbocycles. The fraction of sp³-hybridized carbons (Fsp3) is 0.200. The van der Waals surface area contributed by atoms with E-state index < -0.39 is 36.5 Å². The first-order valence-electron chi connectivity index (χ1n) is 8.74. The Hall–Kier alpha value is -3.88. The first kappa shape index (κ1) is 21.4. The third-order valence-electron chi connectivity index (χ3n) is 3.54. The molecule has 0 aliphatic rings. The summed E-state index contributed by atoms with van der Waals surface area (Å²) in [7, 11) is 0. The van der Waals surface area contributed by atoms with Gasteiger partial charge in [-0.3, -0.25) is 14.9 Å². The molecule has 2 rings (SSSR count). The number of nitrogens with one attached hydrogen (secondary N) is 3. The van der Waals surface area contributed by atoms with Crippen LogP contribution >= 0.6 is 0 Å². The highest BCUT2D eigenvalue weighted by Crippen LogP contribution is 2.01. The van der Waals surface area contributed by atoms with Crippen molar-refractivity contribution in [2.45, 2.75) is 19.5 Å². The van der Waals surface area contributed by atoms with Gasteiger partial charge in [-0.2, -0.15) is 0 Å². The van der Waals surface area contributed by atoms with Crippen LogP contribution in [-0.4, -0.2) is 36.5 Å². The van der Waals surface area contributed by atoms with Crippen LogP contribution in [0.3, 0.4) is 0 Å². The number of ether oxygens (including phenoxy) is 1. The van der Waals surface area contributed by atoms with Gasteiger partial charge in [0.05, 0.1) is 12.8 Å². The smallest absolute Gasteiger partial charge is 0.328 e. The Morgan fingerprint density at radius 2 is 1.86 bits per heavy atom. The van der Waals surface area contributed by atoms with Crippen LogP contribution in [0.4, 0.5) is 4.79 Å². The lowest BCUT2D eigenvalue weighted by Gasteiger charge is -2.12. The van der Waals surface area contributed by atoms with Crippen LogP contribution < -0.4 is 16.0 Å². The third-order valence-corrected chi connectivity index (χ3v) is 3.54. The quantitative estimate of drug-likeness (QED) is 0.454. The first-order chi connectivity index (χ1) is 13.9. The number of carbonyl (C=O) groups is 4. The highest BCUT2D eigenvalue weighted by Gasteiger charge is 2.18. The summed E-state index contributed by atoms with van der Waals surface area (Å²) in [6.07, 6.45) is 4.34. The Morgan fingerprint density at radius 3 is 2.55 bits per heavy atom. The second-order valence-electron chi connectivity index (χ2n) is 5.89. The van der Waals surface area contributed by atoms with Gasteiger partial charge in [0.1, 0.15) is 11.8 Å². The SMILES string of the molecule is C[C@H](NC(=O)/C=C/c1ccccc1)C(=O)OCC(=O)NC(=O)NCc1ccco1. The third kappa shape index (κ3) is 8.12. The number of imide groups is 1. The number of amides is 4. The standard InChI is InChI=1S/C20H21N3O6/c1-14(22-17(24)10-9-15-6-3-2-4-7-15)19(26)29-13-18(25)23-20(27)21-12-16-8-5-11-28-16/h2-11,14H,12-13H2,1H3,(H,22,24)(H2,21,23,25,27)/b10-9+/t14-/m0/s1. The van der Waals surface area contributed by atoms with E-state index in [1.165, 1.54) is 19.3 Å². The maximum atomic E-state index is 11.9. The van der Waals surface area contributed by atoms with Gasteiger partial charge in [0.25, 0.3) is 5.91 Å². The van der Waals surface area contributed by atoms with Crippen molar-refractivity contribution in [2.24, 2.45) is 0 Å². The zero-order valence-corrected chi connectivity index (χ0v) is 15.7. The van der Waals surface area contributed by atoms with Crippen LogP contribution in [0, 0.1) is 0 Å². The average molecular weight is 399 g/mol. The number of rotatable bonds is 8. The Balaban J connectivity index is 1.66. The molecule has 1 heterocycles. The fourth-order valence-electron chi connectivity index (χ4n) is 2.11. The molecule has 1 aromatic carbocycles. The summed E-state index contributed by atoms with van der Waals surface area (Å²) in [5.74, 6) is -1.58. The number of esters is 1. The first-order valence-corrected chi connectivity index (χ1v) is 8.74. The number of hydrogen-bond donors (Lipinski definition) is 3. The van der Waals surface area contributed by atoms with Crippen molar-refractivity contribution in [3.05, 3.63) is 66.1 Å². The fourth-order valence-corrected chi connectivity index (χ4v) is 2.11. The normalized spacial score (nSPS) is 11.5. The summed E-state index contributed by atoms with van der Waals surface area (Å²) in [5, 5.41) is 6.85. The Kier molecular flexibility index (Phi) is 8.18. The zero-order chi connectivity index (χ0) is 21.1. The predicted molar refractivity (Wildman–Crippen MR) is 103 cm³/mol. The minimum absolute atomic E-state index is 0.103. The van der Waals surface area contributed by atoms with E-state index in [1.807, 2.05) is 35.6 Å². The van der Waals surface area contributed by atoms with Gasteiger partial charge < -0.3 is 19.8 Å². The van der Waals surface area contributed by atoms with Gasteiger partial charge in [0.15, 0.2) is 6.61 Å². The predicted octanol–water partition coefficient (Wildman–Crippen LogP) is 1.37. The number of benzene rings is 1. The van der Waals surface area contributed by atoms with E-state index in [0.717, 1.165) is 5.56 Å². The minimum atomic E-state index is -0.969. The molecule has 0 saturated carbocycles. The summed E-state index contributed by atoms with van der Waals surface area (Å²) in [6.45, 7) is 0.864. The van der Waals surface area contributed by atoms with Crippen molar-refractivity contribution in [1.29, 1.82) is 0 Å². The van der Waals surface area contributed by atoms with E-state index in [4.69, 9.17) is 9.15 Å². The molecule has 1 atom stereocenters. The molecule has 29 heavy (non-hydrogen) atoms. The van der Waals surface area contributed by atoms with E-state index in [0.29, 0.717) is 5.76 Å². The van der Waals surface area contributed by atoms with Crippen molar-refractivity contribution < 1.29 is 28.3 Å². The van der Waals surface area contributed by atoms with Crippen LogP contribution in [0.1, 0.15) is 18.2 Å². The highest BCUT2D eigenvalue weighted by atomic mass is 16.5. The molecular formula is C20H21N3O6. The molecule has 152 valence electrons. The number of furan rings is 1. The molecule has 0 saturated heterocycles. The maximum Gasteiger partial charge on any atom is 0.328 e. The molecule has 0 radical (unpaired) electrons. The topological polar surface area (TPSA) is 127 Å². The van der Waals surface area contributed by atoms with Gasteiger partial charge in [-0.25, -0.2) is 9.59 Å². The van der Waals surface area contributed by atoms with Gasteiger partial charge in [-0.15, -0.1) is 0 Å². The Labute approximate surface area is 167 Å². The van der Waals surface area contributed by atoms with Gasteiger partial charge in [0, 0.05) is 6.08 Å². The maximum absolute atomic E-state index is 11.9. The summed E-state index contributed by atoms with van der Waals surface area (Å²) in [4.78, 5) is 46.9. The van der Waals surface area contributed by atoms with Gasteiger partial charge in [-0.1, -0.05) is 30.3 Å². The molecule has 9 heteroatoms. The van der Waals surface area contributed by atoms with Crippen LogP contribution in [0.5, 0.6) is 0 Å². The monoisotopic (exact) mass is 399 g/mol. The van der Waals surface area contributed by atoms with Crippen LogP contribution in [0.2, 0.25) is 0 Å². The number of hydrogen-bond acceptors (Lipinski definition) is 6. The Morgan fingerprint density at radius 1 is 1.10 bits per heavy atom. The molecule has 0 aliphatic heterocycles. The van der Waals surface area contributed by atoms with Gasteiger partial charge in [-0.05, 0) is 30.7 Å². The van der Waals surface area contributed by atoms with Crippen molar-refractivity contribution in [3.8, 4) is 0 Å². The minimum Gasteiger partial charge on any atom is -0.467 e. The molecule has 0 unspecified atom stereocenters. The van der Waals surface area contributed by atoms with Crippen molar-refractivity contribution >= 4 is 29.9 Å². The summed E-state index contributed by atoms with van der Waals surface area (Å²) < 4.78 is 9.82. The Bertz CT molecular complexity index is 862. The van der Waals surface area contributed by atoms with E-state index in [1.54, 1.807) is 18.2 Å². The van der Waals surface area contributed by atoms with Crippen LogP contribution in [-0.2, 0) is 25.7 Å². The summed E-state index contributed by atoms with van der Waals surface area (Å²) >= 11 is 0. The lowest BCUT2D eigenvalue weighted by Crippen LogP contribution is -2.43. The molecule has 2 aromatic rings. The molecule has 0 bridgehead atoms. The average Bonchev–Trinajstić information content (AvgIpc) is 3.23. The molecule has 0 spiro atoms. The molecule has 4 amide bonds. The van der Waals surface area contributed by atoms with E-state index in [9.17, 15) is 19.2 Å². The van der Waals surface area contributed by atoms with Gasteiger partial charge >= 0.3 is 12.0 Å². The zero-order valence-electron chi connectivity index (χ0n) is 15.7. The van der Waals surface area contributed by atoms with Gasteiger partial charge in [0.2, 0.25) is 5.91 Å².